The summed E-state index contributed by atoms with van der Waals surface area (Å²) in [5.74, 6) is 1.25. The standard InChI is InChI=1S/C16H15FN4/c17-13-8-6-12(7-9-13)10-15-19-20-16(11-18)21(15)14-4-2-1-3-5-14/h1-9H,10-11,18H2. The smallest absolute Gasteiger partial charge is 0.151 e. The molecule has 0 spiro atoms. The molecule has 0 unspecified atom stereocenters. The van der Waals surface area contributed by atoms with Crippen molar-refractivity contribution in [3.05, 3.63) is 77.6 Å². The van der Waals surface area contributed by atoms with E-state index in [4.69, 9.17) is 5.73 Å². The summed E-state index contributed by atoms with van der Waals surface area (Å²) in [4.78, 5) is 0. The molecular formula is C16H15FN4. The number of nitrogens with zero attached hydrogens (tertiary/aromatic N) is 3. The van der Waals surface area contributed by atoms with Gasteiger partial charge in [0, 0.05) is 12.1 Å². The lowest BCUT2D eigenvalue weighted by Crippen LogP contribution is -2.09. The van der Waals surface area contributed by atoms with E-state index >= 15 is 0 Å². The highest BCUT2D eigenvalue weighted by molar-refractivity contribution is 5.35. The van der Waals surface area contributed by atoms with Crippen LogP contribution in [0.15, 0.2) is 54.6 Å². The minimum absolute atomic E-state index is 0.245. The van der Waals surface area contributed by atoms with E-state index in [0.29, 0.717) is 18.8 Å². The number of nitrogens with two attached hydrogens (primary N) is 1. The fourth-order valence-electron chi connectivity index (χ4n) is 2.26. The molecule has 3 aromatic rings. The first-order chi connectivity index (χ1) is 10.3. The summed E-state index contributed by atoms with van der Waals surface area (Å²) in [7, 11) is 0. The van der Waals surface area contributed by atoms with Crippen molar-refractivity contribution in [3.8, 4) is 5.69 Å². The van der Waals surface area contributed by atoms with Gasteiger partial charge in [-0.3, -0.25) is 4.57 Å². The van der Waals surface area contributed by atoms with Crippen molar-refractivity contribution in [1.29, 1.82) is 0 Å². The van der Waals surface area contributed by atoms with Crippen LogP contribution in [-0.2, 0) is 13.0 Å². The van der Waals surface area contributed by atoms with Gasteiger partial charge in [0.1, 0.15) is 11.6 Å². The number of rotatable bonds is 4. The maximum absolute atomic E-state index is 13.0. The van der Waals surface area contributed by atoms with Gasteiger partial charge in [-0.05, 0) is 29.8 Å². The van der Waals surface area contributed by atoms with Crippen LogP contribution in [0.5, 0.6) is 0 Å². The van der Waals surface area contributed by atoms with Crippen LogP contribution in [0.4, 0.5) is 4.39 Å². The number of hydrogen-bond donors (Lipinski definition) is 1. The summed E-state index contributed by atoms with van der Waals surface area (Å²) in [6.07, 6.45) is 0.572. The van der Waals surface area contributed by atoms with Gasteiger partial charge in [-0.2, -0.15) is 0 Å². The van der Waals surface area contributed by atoms with E-state index in [0.717, 1.165) is 17.1 Å². The number of hydrogen-bond acceptors (Lipinski definition) is 3. The Hall–Kier alpha value is -2.53. The first-order valence-corrected chi connectivity index (χ1v) is 6.71. The average molecular weight is 282 g/mol. The molecule has 0 amide bonds. The van der Waals surface area contributed by atoms with Gasteiger partial charge >= 0.3 is 0 Å². The van der Waals surface area contributed by atoms with Gasteiger partial charge < -0.3 is 5.73 Å². The van der Waals surface area contributed by atoms with Crippen molar-refractivity contribution < 1.29 is 4.39 Å². The molecule has 0 radical (unpaired) electrons. The van der Waals surface area contributed by atoms with Crippen LogP contribution >= 0.6 is 0 Å². The molecule has 106 valence electrons. The molecular weight excluding hydrogens is 267 g/mol. The van der Waals surface area contributed by atoms with Gasteiger partial charge in [0.2, 0.25) is 0 Å². The minimum atomic E-state index is -0.245. The summed E-state index contributed by atoms with van der Waals surface area (Å²) in [5, 5.41) is 8.36. The van der Waals surface area contributed by atoms with Crippen molar-refractivity contribution in [2.75, 3.05) is 0 Å². The molecule has 0 aliphatic rings. The molecule has 0 saturated heterocycles. The highest BCUT2D eigenvalue weighted by Crippen LogP contribution is 2.16. The van der Waals surface area contributed by atoms with Gasteiger partial charge in [0.25, 0.3) is 0 Å². The summed E-state index contributed by atoms with van der Waals surface area (Å²) < 4.78 is 14.9. The minimum Gasteiger partial charge on any atom is -0.324 e. The summed E-state index contributed by atoms with van der Waals surface area (Å²) in [6.45, 7) is 0.311. The lowest BCUT2D eigenvalue weighted by Gasteiger charge is -2.09. The normalized spacial score (nSPS) is 10.8. The van der Waals surface area contributed by atoms with Crippen LogP contribution in [0.2, 0.25) is 0 Å². The maximum atomic E-state index is 13.0. The fourth-order valence-corrected chi connectivity index (χ4v) is 2.26. The van der Waals surface area contributed by atoms with E-state index in [-0.39, 0.29) is 5.82 Å². The molecule has 2 aromatic carbocycles. The van der Waals surface area contributed by atoms with Crippen LogP contribution in [0.25, 0.3) is 5.69 Å². The predicted molar refractivity (Wildman–Crippen MR) is 78.5 cm³/mol. The zero-order chi connectivity index (χ0) is 14.7. The SMILES string of the molecule is NCc1nnc(Cc2ccc(F)cc2)n1-c1ccccc1. The summed E-state index contributed by atoms with van der Waals surface area (Å²) in [6, 6.07) is 16.2. The van der Waals surface area contributed by atoms with Crippen molar-refractivity contribution in [1.82, 2.24) is 14.8 Å². The molecule has 0 aliphatic carbocycles. The van der Waals surface area contributed by atoms with Gasteiger partial charge in [0.05, 0.1) is 6.54 Å². The third kappa shape index (κ3) is 2.83. The van der Waals surface area contributed by atoms with Crippen LogP contribution < -0.4 is 5.73 Å². The second-order valence-electron chi connectivity index (χ2n) is 4.71. The van der Waals surface area contributed by atoms with E-state index in [1.807, 2.05) is 34.9 Å². The van der Waals surface area contributed by atoms with E-state index in [1.54, 1.807) is 12.1 Å². The van der Waals surface area contributed by atoms with Gasteiger partial charge in [-0.15, -0.1) is 10.2 Å². The van der Waals surface area contributed by atoms with Gasteiger partial charge in [-0.1, -0.05) is 30.3 Å². The molecule has 0 saturated carbocycles. The Bertz CT molecular complexity index is 720. The van der Waals surface area contributed by atoms with Crippen molar-refractivity contribution in [2.45, 2.75) is 13.0 Å². The highest BCUT2D eigenvalue weighted by Gasteiger charge is 2.13. The molecule has 0 fully saturated rings. The molecule has 5 heteroatoms. The van der Waals surface area contributed by atoms with Crippen LogP contribution in [0, 0.1) is 5.82 Å². The Morgan fingerprint density at radius 3 is 2.24 bits per heavy atom. The van der Waals surface area contributed by atoms with Crippen molar-refractivity contribution >= 4 is 0 Å². The Labute approximate surface area is 122 Å². The van der Waals surface area contributed by atoms with Crippen LogP contribution in [0.3, 0.4) is 0 Å². The Kier molecular flexibility index (Phi) is 3.75. The van der Waals surface area contributed by atoms with E-state index in [2.05, 4.69) is 10.2 Å². The molecule has 1 heterocycles. The zero-order valence-corrected chi connectivity index (χ0v) is 11.4. The lowest BCUT2D eigenvalue weighted by atomic mass is 10.1. The quantitative estimate of drug-likeness (QED) is 0.799. The van der Waals surface area contributed by atoms with E-state index in [1.165, 1.54) is 12.1 Å². The Morgan fingerprint density at radius 1 is 0.905 bits per heavy atom. The third-order valence-electron chi connectivity index (χ3n) is 3.27. The summed E-state index contributed by atoms with van der Waals surface area (Å²) >= 11 is 0. The molecule has 1 aromatic heterocycles. The largest absolute Gasteiger partial charge is 0.324 e. The monoisotopic (exact) mass is 282 g/mol. The molecule has 0 atom stereocenters. The summed E-state index contributed by atoms with van der Waals surface area (Å²) in [5.41, 5.74) is 7.69. The lowest BCUT2D eigenvalue weighted by molar-refractivity contribution is 0.627. The predicted octanol–water partition coefficient (Wildman–Crippen LogP) is 2.46. The first-order valence-electron chi connectivity index (χ1n) is 6.71. The van der Waals surface area contributed by atoms with Gasteiger partial charge in [-0.25, -0.2) is 4.39 Å². The van der Waals surface area contributed by atoms with Crippen LogP contribution in [-0.4, -0.2) is 14.8 Å². The third-order valence-corrected chi connectivity index (χ3v) is 3.27. The molecule has 3 rings (SSSR count). The van der Waals surface area contributed by atoms with Gasteiger partial charge in [0.15, 0.2) is 5.82 Å². The second kappa shape index (κ2) is 5.85. The molecule has 0 bridgehead atoms. The average Bonchev–Trinajstić information content (AvgIpc) is 2.93. The molecule has 2 N–H and O–H groups in total. The van der Waals surface area contributed by atoms with E-state index < -0.39 is 0 Å². The Morgan fingerprint density at radius 2 is 1.57 bits per heavy atom. The number of halogens is 1. The maximum Gasteiger partial charge on any atom is 0.151 e. The number of aromatic nitrogens is 3. The van der Waals surface area contributed by atoms with Crippen molar-refractivity contribution in [3.63, 3.8) is 0 Å². The molecule has 21 heavy (non-hydrogen) atoms. The fraction of sp³-hybridized carbons (Fsp3) is 0.125. The van der Waals surface area contributed by atoms with E-state index in [9.17, 15) is 4.39 Å². The Balaban J connectivity index is 1.99. The number of para-hydroxylation sites is 1. The zero-order valence-electron chi connectivity index (χ0n) is 11.4. The topological polar surface area (TPSA) is 56.7 Å². The molecule has 4 nitrogen and oxygen atoms in total. The van der Waals surface area contributed by atoms with Crippen molar-refractivity contribution in [2.24, 2.45) is 5.73 Å². The van der Waals surface area contributed by atoms with Crippen LogP contribution in [0.1, 0.15) is 17.2 Å². The highest BCUT2D eigenvalue weighted by atomic mass is 19.1. The number of benzene rings is 2. The first kappa shape index (κ1) is 13.5. The molecule has 0 aliphatic heterocycles. The second-order valence-corrected chi connectivity index (χ2v) is 4.71.